The second-order valence-corrected chi connectivity index (χ2v) is 5.04. The molecular weight excluding hydrogens is 196 g/mol. The second-order valence-electron chi connectivity index (χ2n) is 5.04. The van der Waals surface area contributed by atoms with Gasteiger partial charge in [-0.05, 0) is 31.3 Å². The van der Waals surface area contributed by atoms with E-state index in [1.807, 2.05) is 0 Å². The minimum absolute atomic E-state index is 0.525. The molecule has 0 amide bonds. The molecule has 2 rings (SSSR count). The number of rotatable bonds is 3. The molecule has 0 aliphatic heterocycles. The summed E-state index contributed by atoms with van der Waals surface area (Å²) in [7, 11) is 0. The molecule has 0 bridgehead atoms. The van der Waals surface area contributed by atoms with Gasteiger partial charge in [-0.3, -0.25) is 0 Å². The molecule has 0 aromatic carbocycles. The first-order valence-corrected chi connectivity index (χ1v) is 6.92. The highest BCUT2D eigenvalue weighted by Gasteiger charge is 2.12. The Morgan fingerprint density at radius 2 is 1.75 bits per heavy atom. The van der Waals surface area contributed by atoms with E-state index < -0.39 is 0 Å². The third-order valence-electron chi connectivity index (χ3n) is 3.61. The summed E-state index contributed by atoms with van der Waals surface area (Å²) < 4.78 is 6.04. The van der Waals surface area contributed by atoms with Crippen molar-refractivity contribution in [3.63, 3.8) is 0 Å². The minimum atomic E-state index is 0.525. The standard InChI is InChI=1S/C15H24O/c1-2-7-11-15(12-8-3-1)16-13-14-9-5-4-6-10-14/h5,9-10,15H,1-4,6-8,11-13H2. The summed E-state index contributed by atoms with van der Waals surface area (Å²) in [6.45, 7) is 0.834. The van der Waals surface area contributed by atoms with Crippen LogP contribution < -0.4 is 0 Å². The van der Waals surface area contributed by atoms with Gasteiger partial charge < -0.3 is 4.74 Å². The van der Waals surface area contributed by atoms with Crippen molar-refractivity contribution in [3.8, 4) is 0 Å². The van der Waals surface area contributed by atoms with Crippen molar-refractivity contribution in [3.05, 3.63) is 23.8 Å². The van der Waals surface area contributed by atoms with Gasteiger partial charge in [-0.25, -0.2) is 0 Å². The molecule has 2 aliphatic carbocycles. The van der Waals surface area contributed by atoms with Gasteiger partial charge in [0, 0.05) is 0 Å². The number of hydrogen-bond donors (Lipinski definition) is 0. The Balaban J connectivity index is 1.70. The molecule has 0 spiro atoms. The van der Waals surface area contributed by atoms with Gasteiger partial charge in [0.1, 0.15) is 0 Å². The molecule has 0 unspecified atom stereocenters. The average Bonchev–Trinajstić information content (AvgIpc) is 2.29. The molecule has 0 aromatic rings. The van der Waals surface area contributed by atoms with E-state index in [9.17, 15) is 0 Å². The monoisotopic (exact) mass is 220 g/mol. The summed E-state index contributed by atoms with van der Waals surface area (Å²) in [6.07, 6.45) is 19.2. The SMILES string of the molecule is C1=CC(COC2CCCCCCC2)=CCC1. The molecule has 16 heavy (non-hydrogen) atoms. The molecule has 0 heterocycles. The Morgan fingerprint density at radius 1 is 1.00 bits per heavy atom. The first-order chi connectivity index (χ1) is 7.95. The van der Waals surface area contributed by atoms with Crippen molar-refractivity contribution >= 4 is 0 Å². The Labute approximate surface area is 99.6 Å². The molecule has 2 aliphatic rings. The fourth-order valence-corrected chi connectivity index (χ4v) is 2.57. The van der Waals surface area contributed by atoms with Crippen LogP contribution in [0.3, 0.4) is 0 Å². The van der Waals surface area contributed by atoms with E-state index >= 15 is 0 Å². The van der Waals surface area contributed by atoms with E-state index in [1.165, 1.54) is 63.4 Å². The van der Waals surface area contributed by atoms with Gasteiger partial charge in [-0.2, -0.15) is 0 Å². The van der Waals surface area contributed by atoms with Crippen molar-refractivity contribution in [2.24, 2.45) is 0 Å². The normalized spacial score (nSPS) is 23.6. The Hall–Kier alpha value is -0.560. The van der Waals surface area contributed by atoms with Gasteiger partial charge in [0.2, 0.25) is 0 Å². The molecule has 90 valence electrons. The van der Waals surface area contributed by atoms with E-state index in [4.69, 9.17) is 4.74 Å². The molecule has 1 saturated carbocycles. The highest BCUT2D eigenvalue weighted by molar-refractivity contribution is 5.22. The fourth-order valence-electron chi connectivity index (χ4n) is 2.57. The van der Waals surface area contributed by atoms with Crippen LogP contribution in [0.25, 0.3) is 0 Å². The minimum Gasteiger partial charge on any atom is -0.374 e. The maximum Gasteiger partial charge on any atom is 0.0717 e. The average molecular weight is 220 g/mol. The first kappa shape index (κ1) is 11.9. The maximum atomic E-state index is 6.04. The zero-order valence-corrected chi connectivity index (χ0v) is 10.3. The topological polar surface area (TPSA) is 9.23 Å². The highest BCUT2D eigenvalue weighted by Crippen LogP contribution is 2.20. The zero-order valence-electron chi connectivity index (χ0n) is 10.3. The Bertz CT molecular complexity index is 244. The van der Waals surface area contributed by atoms with Crippen LogP contribution in [0, 0.1) is 0 Å². The Morgan fingerprint density at radius 3 is 2.44 bits per heavy atom. The van der Waals surface area contributed by atoms with Crippen LogP contribution in [-0.4, -0.2) is 12.7 Å². The summed E-state index contributed by atoms with van der Waals surface area (Å²) in [5, 5.41) is 0. The highest BCUT2D eigenvalue weighted by atomic mass is 16.5. The van der Waals surface area contributed by atoms with Gasteiger partial charge >= 0.3 is 0 Å². The van der Waals surface area contributed by atoms with Crippen molar-refractivity contribution in [1.29, 1.82) is 0 Å². The Kier molecular flexibility index (Phi) is 5.14. The van der Waals surface area contributed by atoms with Crippen LogP contribution >= 0.6 is 0 Å². The smallest absolute Gasteiger partial charge is 0.0717 e. The summed E-state index contributed by atoms with van der Waals surface area (Å²) in [4.78, 5) is 0. The van der Waals surface area contributed by atoms with Crippen LogP contribution in [0.15, 0.2) is 23.8 Å². The van der Waals surface area contributed by atoms with Crippen molar-refractivity contribution in [2.75, 3.05) is 6.61 Å². The van der Waals surface area contributed by atoms with Crippen LogP contribution in [0.4, 0.5) is 0 Å². The third-order valence-corrected chi connectivity index (χ3v) is 3.61. The molecule has 0 atom stereocenters. The number of hydrogen-bond acceptors (Lipinski definition) is 1. The quantitative estimate of drug-likeness (QED) is 0.685. The molecule has 0 radical (unpaired) electrons. The lowest BCUT2D eigenvalue weighted by Crippen LogP contribution is -2.16. The number of ether oxygens (including phenoxy) is 1. The third kappa shape index (κ3) is 4.13. The van der Waals surface area contributed by atoms with Crippen LogP contribution in [0.2, 0.25) is 0 Å². The number of allylic oxidation sites excluding steroid dienone is 2. The van der Waals surface area contributed by atoms with E-state index in [2.05, 4.69) is 18.2 Å². The van der Waals surface area contributed by atoms with Crippen molar-refractivity contribution in [1.82, 2.24) is 0 Å². The molecule has 1 fully saturated rings. The summed E-state index contributed by atoms with van der Waals surface area (Å²) in [5.41, 5.74) is 1.38. The first-order valence-electron chi connectivity index (χ1n) is 6.92. The van der Waals surface area contributed by atoms with Crippen LogP contribution in [-0.2, 0) is 4.74 Å². The summed E-state index contributed by atoms with van der Waals surface area (Å²) in [5.74, 6) is 0. The molecule has 1 nitrogen and oxygen atoms in total. The van der Waals surface area contributed by atoms with E-state index in [0.29, 0.717) is 6.10 Å². The van der Waals surface area contributed by atoms with Gasteiger partial charge in [0.15, 0.2) is 0 Å². The van der Waals surface area contributed by atoms with Crippen molar-refractivity contribution < 1.29 is 4.74 Å². The largest absolute Gasteiger partial charge is 0.374 e. The van der Waals surface area contributed by atoms with E-state index in [-0.39, 0.29) is 0 Å². The molecule has 0 saturated heterocycles. The predicted octanol–water partition coefficient (Wildman–Crippen LogP) is 4.39. The molecule has 0 N–H and O–H groups in total. The second kappa shape index (κ2) is 6.90. The lowest BCUT2D eigenvalue weighted by Gasteiger charge is -2.21. The zero-order chi connectivity index (χ0) is 11.1. The van der Waals surface area contributed by atoms with Gasteiger partial charge in [-0.15, -0.1) is 0 Å². The van der Waals surface area contributed by atoms with Crippen LogP contribution in [0.1, 0.15) is 57.8 Å². The molecule has 1 heteroatoms. The summed E-state index contributed by atoms with van der Waals surface area (Å²) >= 11 is 0. The molecule has 0 aromatic heterocycles. The maximum absolute atomic E-state index is 6.04. The lowest BCUT2D eigenvalue weighted by atomic mass is 9.98. The lowest BCUT2D eigenvalue weighted by molar-refractivity contribution is 0.0513. The van der Waals surface area contributed by atoms with Gasteiger partial charge in [0.05, 0.1) is 12.7 Å². The fraction of sp³-hybridized carbons (Fsp3) is 0.733. The van der Waals surface area contributed by atoms with E-state index in [0.717, 1.165) is 6.61 Å². The molecular formula is C15H24O. The van der Waals surface area contributed by atoms with Crippen molar-refractivity contribution in [2.45, 2.75) is 63.9 Å². The summed E-state index contributed by atoms with van der Waals surface area (Å²) in [6, 6.07) is 0. The predicted molar refractivity (Wildman–Crippen MR) is 68.5 cm³/mol. The van der Waals surface area contributed by atoms with E-state index in [1.54, 1.807) is 0 Å². The van der Waals surface area contributed by atoms with Gasteiger partial charge in [-0.1, -0.05) is 50.3 Å². The van der Waals surface area contributed by atoms with Gasteiger partial charge in [0.25, 0.3) is 0 Å². The van der Waals surface area contributed by atoms with Crippen LogP contribution in [0.5, 0.6) is 0 Å².